The smallest absolute Gasteiger partial charge is 0.261 e. The van der Waals surface area contributed by atoms with E-state index in [1.807, 2.05) is 0 Å². The van der Waals surface area contributed by atoms with Crippen LogP contribution >= 0.6 is 11.6 Å². The van der Waals surface area contributed by atoms with Gasteiger partial charge in [0.15, 0.2) is 0 Å². The summed E-state index contributed by atoms with van der Waals surface area (Å²) in [4.78, 5) is 27.2. The van der Waals surface area contributed by atoms with E-state index < -0.39 is 0 Å². The van der Waals surface area contributed by atoms with E-state index in [0.29, 0.717) is 53.6 Å². The molecule has 0 spiro atoms. The summed E-state index contributed by atoms with van der Waals surface area (Å²) in [6.07, 6.45) is 1.35. The molecule has 2 aromatic carbocycles. The van der Waals surface area contributed by atoms with Crippen LogP contribution in [0.3, 0.4) is 0 Å². The zero-order chi connectivity index (χ0) is 20.1. The third-order valence-corrected chi connectivity index (χ3v) is 5.08. The van der Waals surface area contributed by atoms with Crippen molar-refractivity contribution < 1.29 is 19.1 Å². The zero-order valence-electron chi connectivity index (χ0n) is 15.9. The van der Waals surface area contributed by atoms with Gasteiger partial charge in [-0.2, -0.15) is 0 Å². The van der Waals surface area contributed by atoms with Crippen molar-refractivity contribution in [3.05, 3.63) is 58.6 Å². The Balaban J connectivity index is 1.63. The van der Waals surface area contributed by atoms with E-state index in [9.17, 15) is 9.59 Å². The van der Waals surface area contributed by atoms with E-state index in [2.05, 4.69) is 5.32 Å². The Morgan fingerprint density at radius 2 is 1.64 bits per heavy atom. The van der Waals surface area contributed by atoms with Gasteiger partial charge >= 0.3 is 0 Å². The number of rotatable bonds is 5. The van der Waals surface area contributed by atoms with E-state index in [1.165, 1.54) is 14.2 Å². The normalized spacial score (nSPS) is 14.5. The number of nitrogens with one attached hydrogen (secondary N) is 1. The average Bonchev–Trinajstić information content (AvgIpc) is 2.73. The topological polar surface area (TPSA) is 67.9 Å². The fraction of sp³-hybridized carbons (Fsp3) is 0.333. The van der Waals surface area contributed by atoms with Gasteiger partial charge in [0.25, 0.3) is 11.8 Å². The summed E-state index contributed by atoms with van der Waals surface area (Å²) >= 11 is 5.95. The lowest BCUT2D eigenvalue weighted by atomic mass is 10.0. The number of carbonyl (C=O) groups excluding carboxylic acids is 2. The van der Waals surface area contributed by atoms with Crippen LogP contribution in [0.1, 0.15) is 33.6 Å². The Hall–Kier alpha value is -2.73. The molecule has 0 unspecified atom stereocenters. The zero-order valence-corrected chi connectivity index (χ0v) is 16.7. The molecule has 0 aliphatic carbocycles. The van der Waals surface area contributed by atoms with Gasteiger partial charge in [-0.15, -0.1) is 0 Å². The maximum atomic E-state index is 13.0. The first-order valence-corrected chi connectivity index (χ1v) is 9.48. The molecule has 2 aromatic rings. The number of hydrogen-bond acceptors (Lipinski definition) is 4. The summed E-state index contributed by atoms with van der Waals surface area (Å²) in [5.41, 5.74) is 0.957. The quantitative estimate of drug-likeness (QED) is 0.832. The number of methoxy groups -OCH3 is 2. The van der Waals surface area contributed by atoms with E-state index in [4.69, 9.17) is 21.1 Å². The molecule has 148 valence electrons. The maximum Gasteiger partial charge on any atom is 0.261 e. The molecule has 3 rings (SSSR count). The SMILES string of the molecule is COc1cccc(OC)c1C(=O)N1CCC(NC(=O)c2cccc(Cl)c2)CC1. The van der Waals surface area contributed by atoms with Crippen LogP contribution in [0.5, 0.6) is 11.5 Å². The van der Waals surface area contributed by atoms with Gasteiger partial charge in [-0.1, -0.05) is 23.7 Å². The number of likely N-dealkylation sites (tertiary alicyclic amines) is 1. The minimum Gasteiger partial charge on any atom is -0.496 e. The highest BCUT2D eigenvalue weighted by Gasteiger charge is 2.28. The molecule has 28 heavy (non-hydrogen) atoms. The van der Waals surface area contributed by atoms with Gasteiger partial charge in [0.2, 0.25) is 0 Å². The number of carbonyl (C=O) groups is 2. The van der Waals surface area contributed by atoms with Crippen LogP contribution in [0.15, 0.2) is 42.5 Å². The predicted octanol–water partition coefficient (Wildman–Crippen LogP) is 3.39. The summed E-state index contributed by atoms with van der Waals surface area (Å²) in [5.74, 6) is 0.689. The Kier molecular flexibility index (Phi) is 6.41. The number of amides is 2. The Labute approximate surface area is 169 Å². The van der Waals surface area contributed by atoms with Gasteiger partial charge in [-0.05, 0) is 43.2 Å². The molecular weight excluding hydrogens is 380 g/mol. The molecule has 0 aromatic heterocycles. The first-order chi connectivity index (χ1) is 13.5. The Morgan fingerprint density at radius 1 is 1.04 bits per heavy atom. The van der Waals surface area contributed by atoms with Crippen LogP contribution in [0.4, 0.5) is 0 Å². The second-order valence-corrected chi connectivity index (χ2v) is 7.02. The maximum absolute atomic E-state index is 13.0. The fourth-order valence-corrected chi connectivity index (χ4v) is 3.54. The first kappa shape index (κ1) is 20.0. The summed E-state index contributed by atoms with van der Waals surface area (Å²) in [7, 11) is 3.06. The van der Waals surface area contributed by atoms with Crippen molar-refractivity contribution in [3.8, 4) is 11.5 Å². The van der Waals surface area contributed by atoms with Crippen molar-refractivity contribution in [3.63, 3.8) is 0 Å². The van der Waals surface area contributed by atoms with Crippen LogP contribution < -0.4 is 14.8 Å². The lowest BCUT2D eigenvalue weighted by Gasteiger charge is -2.33. The Morgan fingerprint density at radius 3 is 2.21 bits per heavy atom. The molecule has 0 radical (unpaired) electrons. The third-order valence-electron chi connectivity index (χ3n) is 4.85. The summed E-state index contributed by atoms with van der Waals surface area (Å²) < 4.78 is 10.7. The molecule has 1 saturated heterocycles. The van der Waals surface area contributed by atoms with Crippen LogP contribution in [0.2, 0.25) is 5.02 Å². The minimum atomic E-state index is -0.154. The Bertz CT molecular complexity index is 841. The molecule has 0 bridgehead atoms. The number of hydrogen-bond donors (Lipinski definition) is 1. The lowest BCUT2D eigenvalue weighted by molar-refractivity contribution is 0.0691. The van der Waals surface area contributed by atoms with Crippen molar-refractivity contribution >= 4 is 23.4 Å². The number of halogens is 1. The molecular formula is C21H23ClN2O4. The monoisotopic (exact) mass is 402 g/mol. The van der Waals surface area contributed by atoms with Gasteiger partial charge in [-0.25, -0.2) is 0 Å². The van der Waals surface area contributed by atoms with E-state index in [-0.39, 0.29) is 17.9 Å². The predicted molar refractivity (Wildman–Crippen MR) is 107 cm³/mol. The van der Waals surface area contributed by atoms with Gasteiger partial charge < -0.3 is 19.7 Å². The van der Waals surface area contributed by atoms with Crippen molar-refractivity contribution in [1.82, 2.24) is 10.2 Å². The van der Waals surface area contributed by atoms with Crippen LogP contribution in [0, 0.1) is 0 Å². The molecule has 1 N–H and O–H groups in total. The number of benzene rings is 2. The van der Waals surface area contributed by atoms with Gasteiger partial charge in [-0.3, -0.25) is 9.59 Å². The largest absolute Gasteiger partial charge is 0.496 e. The van der Waals surface area contributed by atoms with Crippen LogP contribution in [-0.2, 0) is 0 Å². The minimum absolute atomic E-state index is 0.00935. The molecule has 2 amide bonds. The van der Waals surface area contributed by atoms with Crippen LogP contribution in [-0.4, -0.2) is 50.1 Å². The second-order valence-electron chi connectivity index (χ2n) is 6.59. The van der Waals surface area contributed by atoms with Crippen molar-refractivity contribution in [1.29, 1.82) is 0 Å². The van der Waals surface area contributed by atoms with Gasteiger partial charge in [0.05, 0.1) is 14.2 Å². The van der Waals surface area contributed by atoms with Gasteiger partial charge in [0.1, 0.15) is 17.1 Å². The average molecular weight is 403 g/mol. The van der Waals surface area contributed by atoms with Gasteiger partial charge in [0, 0.05) is 29.7 Å². The number of ether oxygens (including phenoxy) is 2. The van der Waals surface area contributed by atoms with E-state index >= 15 is 0 Å². The second kappa shape index (κ2) is 8.97. The fourth-order valence-electron chi connectivity index (χ4n) is 3.35. The highest BCUT2D eigenvalue weighted by molar-refractivity contribution is 6.30. The molecule has 1 fully saturated rings. The molecule has 7 heteroatoms. The van der Waals surface area contributed by atoms with E-state index in [0.717, 1.165) is 0 Å². The highest BCUT2D eigenvalue weighted by atomic mass is 35.5. The summed E-state index contributed by atoms with van der Waals surface area (Å²) in [5, 5.41) is 3.55. The summed E-state index contributed by atoms with van der Waals surface area (Å²) in [6, 6.07) is 12.1. The number of nitrogens with zero attached hydrogens (tertiary/aromatic N) is 1. The molecule has 1 heterocycles. The molecule has 1 aliphatic rings. The number of piperidine rings is 1. The summed E-state index contributed by atoms with van der Waals surface area (Å²) in [6.45, 7) is 1.08. The first-order valence-electron chi connectivity index (χ1n) is 9.10. The molecule has 1 aliphatic heterocycles. The third kappa shape index (κ3) is 4.39. The lowest BCUT2D eigenvalue weighted by Crippen LogP contribution is -2.46. The van der Waals surface area contributed by atoms with Crippen molar-refractivity contribution in [2.24, 2.45) is 0 Å². The molecule has 0 atom stereocenters. The van der Waals surface area contributed by atoms with Crippen LogP contribution in [0.25, 0.3) is 0 Å². The molecule has 6 nitrogen and oxygen atoms in total. The standard InChI is InChI=1S/C21H23ClN2O4/c1-27-17-7-4-8-18(28-2)19(17)21(26)24-11-9-16(10-12-24)23-20(25)14-5-3-6-15(22)13-14/h3-8,13,16H,9-12H2,1-2H3,(H,23,25). The van der Waals surface area contributed by atoms with E-state index in [1.54, 1.807) is 47.4 Å². The molecule has 0 saturated carbocycles. The van der Waals surface area contributed by atoms with Crippen molar-refractivity contribution in [2.45, 2.75) is 18.9 Å². The van der Waals surface area contributed by atoms with Crippen molar-refractivity contribution in [2.75, 3.05) is 27.3 Å². The highest BCUT2D eigenvalue weighted by Crippen LogP contribution is 2.30.